The summed E-state index contributed by atoms with van der Waals surface area (Å²) in [5.74, 6) is 0.373. The number of carbonyl (C=O) groups excluding carboxylic acids is 1. The molecule has 2 aliphatic heterocycles. The fourth-order valence-electron chi connectivity index (χ4n) is 3.83. The number of carbonyl (C=O) groups is 1. The van der Waals surface area contributed by atoms with Crippen molar-refractivity contribution < 1.29 is 14.6 Å². The average molecular weight is 427 g/mol. The first kappa shape index (κ1) is 19.8. The molecule has 0 radical (unpaired) electrons. The summed E-state index contributed by atoms with van der Waals surface area (Å²) in [5.41, 5.74) is 0.407. The highest BCUT2D eigenvalue weighted by Crippen LogP contribution is 2.51. The Morgan fingerprint density at radius 2 is 2.10 bits per heavy atom. The predicted octanol–water partition coefficient (Wildman–Crippen LogP) is 4.38. The number of nitrogens with zero attached hydrogens (tertiary/aromatic N) is 2. The molecule has 29 heavy (non-hydrogen) atoms. The average Bonchev–Trinajstić information content (AvgIpc) is 3.08. The van der Waals surface area contributed by atoms with Gasteiger partial charge in [0.25, 0.3) is 0 Å². The van der Waals surface area contributed by atoms with E-state index in [1.54, 1.807) is 36.4 Å². The van der Waals surface area contributed by atoms with Crippen LogP contribution in [0, 0.1) is 11.3 Å². The normalized spacial score (nSPS) is 23.7. The van der Waals surface area contributed by atoms with Crippen molar-refractivity contribution in [2.24, 2.45) is 0 Å². The van der Waals surface area contributed by atoms with Crippen molar-refractivity contribution in [3.8, 4) is 11.8 Å². The van der Waals surface area contributed by atoms with E-state index in [-0.39, 0.29) is 24.0 Å². The molecule has 2 aliphatic rings. The summed E-state index contributed by atoms with van der Waals surface area (Å²) in [6, 6.07) is 16.6. The van der Waals surface area contributed by atoms with Gasteiger partial charge in [-0.2, -0.15) is 5.26 Å². The summed E-state index contributed by atoms with van der Waals surface area (Å²) in [6.07, 6.45) is 0.104. The van der Waals surface area contributed by atoms with Crippen LogP contribution in [0.3, 0.4) is 0 Å². The van der Waals surface area contributed by atoms with E-state index in [1.165, 1.54) is 16.7 Å². The van der Waals surface area contributed by atoms with Crippen LogP contribution in [0.25, 0.3) is 0 Å². The molecule has 0 unspecified atom stereocenters. The second-order valence-corrected chi connectivity index (χ2v) is 8.33. The largest absolute Gasteiger partial charge is 0.494 e. The SMILES string of the molecule is CCOc1ccc([C@@]2(O)CSC3=C(C#N)[C@H](c4cccc(Cl)c4)CC(=O)N32)cc1. The first-order valence-electron chi connectivity index (χ1n) is 9.29. The molecule has 5 nitrogen and oxygen atoms in total. The summed E-state index contributed by atoms with van der Waals surface area (Å²) in [7, 11) is 0. The van der Waals surface area contributed by atoms with E-state index in [9.17, 15) is 15.2 Å². The van der Waals surface area contributed by atoms with Gasteiger partial charge in [0.05, 0.1) is 29.0 Å². The number of aliphatic hydroxyl groups is 1. The van der Waals surface area contributed by atoms with Gasteiger partial charge >= 0.3 is 0 Å². The standard InChI is InChI=1S/C22H19ClN2O3S/c1-2-28-17-8-6-15(7-9-17)22(27)13-29-21-19(12-24)18(11-20(26)25(21)22)14-4-3-5-16(23)10-14/h3-10,18,27H,2,11,13H2,1H3/t18-,22-/m0/s1. The van der Waals surface area contributed by atoms with Gasteiger partial charge in [0.15, 0.2) is 5.72 Å². The second kappa shape index (κ2) is 7.75. The van der Waals surface area contributed by atoms with Crippen molar-refractivity contribution in [2.45, 2.75) is 25.0 Å². The molecule has 148 valence electrons. The second-order valence-electron chi connectivity index (χ2n) is 6.93. The number of ether oxygens (including phenoxy) is 1. The lowest BCUT2D eigenvalue weighted by Gasteiger charge is -2.38. The van der Waals surface area contributed by atoms with Gasteiger partial charge in [-0.05, 0) is 36.8 Å². The molecule has 2 aromatic rings. The molecule has 0 spiro atoms. The zero-order valence-electron chi connectivity index (χ0n) is 15.8. The number of nitriles is 1. The third-order valence-electron chi connectivity index (χ3n) is 5.19. The van der Waals surface area contributed by atoms with Crippen LogP contribution in [0.2, 0.25) is 5.02 Å². The number of amides is 1. The fourth-order valence-corrected chi connectivity index (χ4v) is 5.39. The van der Waals surface area contributed by atoms with Gasteiger partial charge in [0.2, 0.25) is 5.91 Å². The Labute approximate surface area is 178 Å². The highest BCUT2D eigenvalue weighted by Gasteiger charge is 2.51. The number of benzene rings is 2. The van der Waals surface area contributed by atoms with E-state index in [2.05, 4.69) is 6.07 Å². The molecule has 4 rings (SSSR count). The minimum atomic E-state index is -1.50. The maximum Gasteiger partial charge on any atom is 0.231 e. The smallest absolute Gasteiger partial charge is 0.231 e. The van der Waals surface area contributed by atoms with Crippen molar-refractivity contribution in [2.75, 3.05) is 12.4 Å². The maximum atomic E-state index is 13.1. The van der Waals surface area contributed by atoms with E-state index >= 15 is 0 Å². The first-order chi connectivity index (χ1) is 14.0. The van der Waals surface area contributed by atoms with Crippen LogP contribution in [-0.2, 0) is 10.5 Å². The number of halogens is 1. The molecule has 2 aromatic carbocycles. The molecule has 1 saturated heterocycles. The highest BCUT2D eigenvalue weighted by atomic mass is 35.5. The number of hydrogen-bond acceptors (Lipinski definition) is 5. The van der Waals surface area contributed by atoms with E-state index in [0.717, 1.165) is 5.56 Å². The number of thioether (sulfide) groups is 1. The molecule has 7 heteroatoms. The van der Waals surface area contributed by atoms with Crippen LogP contribution in [0.15, 0.2) is 59.1 Å². The van der Waals surface area contributed by atoms with Crippen molar-refractivity contribution in [3.63, 3.8) is 0 Å². The molecule has 2 heterocycles. The van der Waals surface area contributed by atoms with Gasteiger partial charge in [0, 0.05) is 22.9 Å². The lowest BCUT2D eigenvalue weighted by Crippen LogP contribution is -2.48. The van der Waals surface area contributed by atoms with E-state index < -0.39 is 5.72 Å². The quantitative estimate of drug-likeness (QED) is 0.785. The third-order valence-corrected chi connectivity index (χ3v) is 6.65. The fraction of sp³-hybridized carbons (Fsp3) is 0.273. The molecular weight excluding hydrogens is 408 g/mol. The van der Waals surface area contributed by atoms with Gasteiger partial charge in [-0.3, -0.25) is 9.69 Å². The summed E-state index contributed by atoms with van der Waals surface area (Å²) >= 11 is 7.44. The summed E-state index contributed by atoms with van der Waals surface area (Å²) in [4.78, 5) is 14.5. The molecular formula is C22H19ClN2O3S. The Morgan fingerprint density at radius 1 is 1.34 bits per heavy atom. The summed E-state index contributed by atoms with van der Waals surface area (Å²) in [5, 5.41) is 22.4. The van der Waals surface area contributed by atoms with Gasteiger partial charge in [-0.25, -0.2) is 0 Å². The molecule has 0 saturated carbocycles. The minimum absolute atomic E-state index is 0.104. The van der Waals surface area contributed by atoms with Crippen molar-refractivity contribution in [1.29, 1.82) is 5.26 Å². The zero-order valence-corrected chi connectivity index (χ0v) is 17.3. The van der Waals surface area contributed by atoms with Crippen LogP contribution in [0.1, 0.15) is 30.4 Å². The van der Waals surface area contributed by atoms with E-state index in [1.807, 2.05) is 19.1 Å². The van der Waals surface area contributed by atoms with Crippen molar-refractivity contribution in [1.82, 2.24) is 4.90 Å². The molecule has 1 amide bonds. The number of allylic oxidation sites excluding steroid dienone is 1. The van der Waals surface area contributed by atoms with Crippen molar-refractivity contribution in [3.05, 3.63) is 75.3 Å². The third kappa shape index (κ3) is 3.40. The van der Waals surface area contributed by atoms with Crippen LogP contribution in [-0.4, -0.2) is 28.3 Å². The molecule has 1 fully saturated rings. The summed E-state index contributed by atoms with van der Waals surface area (Å²) < 4.78 is 5.46. The lowest BCUT2D eigenvalue weighted by molar-refractivity contribution is -0.149. The van der Waals surface area contributed by atoms with Gasteiger partial charge in [-0.15, -0.1) is 11.8 Å². The predicted molar refractivity (Wildman–Crippen MR) is 112 cm³/mol. The van der Waals surface area contributed by atoms with Crippen LogP contribution >= 0.6 is 23.4 Å². The van der Waals surface area contributed by atoms with Gasteiger partial charge in [-0.1, -0.05) is 35.9 Å². The van der Waals surface area contributed by atoms with Crippen LogP contribution in [0.5, 0.6) is 5.75 Å². The molecule has 1 N–H and O–H groups in total. The Morgan fingerprint density at radius 3 is 2.76 bits per heavy atom. The number of rotatable bonds is 4. The monoisotopic (exact) mass is 426 g/mol. The van der Waals surface area contributed by atoms with Crippen molar-refractivity contribution >= 4 is 29.3 Å². The van der Waals surface area contributed by atoms with Crippen LogP contribution in [0.4, 0.5) is 0 Å². The highest BCUT2D eigenvalue weighted by molar-refractivity contribution is 8.03. The Hall–Kier alpha value is -2.46. The number of fused-ring (bicyclic) bond motifs is 1. The number of hydrogen-bond donors (Lipinski definition) is 1. The Balaban J connectivity index is 1.75. The van der Waals surface area contributed by atoms with Gasteiger partial charge in [0.1, 0.15) is 5.75 Å². The molecule has 2 atom stereocenters. The molecule has 0 aliphatic carbocycles. The Bertz CT molecular complexity index is 1030. The first-order valence-corrected chi connectivity index (χ1v) is 10.7. The van der Waals surface area contributed by atoms with E-state index in [4.69, 9.17) is 16.3 Å². The maximum absolute atomic E-state index is 13.1. The topological polar surface area (TPSA) is 73.6 Å². The summed E-state index contributed by atoms with van der Waals surface area (Å²) in [6.45, 7) is 2.45. The minimum Gasteiger partial charge on any atom is -0.494 e. The zero-order chi connectivity index (χ0) is 20.6. The Kier molecular flexibility index (Phi) is 5.30. The lowest BCUT2D eigenvalue weighted by atomic mass is 9.85. The molecule has 0 aromatic heterocycles. The van der Waals surface area contributed by atoms with E-state index in [0.29, 0.717) is 33.5 Å². The van der Waals surface area contributed by atoms with Gasteiger partial charge < -0.3 is 9.84 Å². The van der Waals surface area contributed by atoms with Crippen LogP contribution < -0.4 is 4.74 Å². The molecule has 0 bridgehead atoms.